The summed E-state index contributed by atoms with van der Waals surface area (Å²) in [5.41, 5.74) is 3.23. The zero-order chi connectivity index (χ0) is 20.8. The van der Waals surface area contributed by atoms with Crippen molar-refractivity contribution < 1.29 is 9.53 Å². The Balaban J connectivity index is 1.67. The summed E-state index contributed by atoms with van der Waals surface area (Å²) in [7, 11) is 1.60. The van der Waals surface area contributed by atoms with Crippen LogP contribution in [0.25, 0.3) is 21.8 Å². The fraction of sp³-hybridized carbons (Fsp3) is 0.217. The summed E-state index contributed by atoms with van der Waals surface area (Å²) in [6, 6.07) is 14.6. The number of amides is 1. The standard InChI is InChI=1S/C23H23N3O3/c1-23(2,3)17-12-21(27)26-19-10-14(6-8-16(17)19)24-22(28)20-9-13-5-7-15(29-4)11-18(13)25-20/h5-12,25H,1-4H3,(H,24,28)(H,26,27). The van der Waals surface area contributed by atoms with E-state index in [9.17, 15) is 9.59 Å². The Labute approximate surface area is 167 Å². The third-order valence-corrected chi connectivity index (χ3v) is 4.98. The van der Waals surface area contributed by atoms with Crippen molar-refractivity contribution >= 4 is 33.4 Å². The van der Waals surface area contributed by atoms with E-state index in [1.54, 1.807) is 25.3 Å². The number of carbonyl (C=O) groups excluding carboxylic acids is 1. The van der Waals surface area contributed by atoms with E-state index in [0.717, 1.165) is 27.6 Å². The van der Waals surface area contributed by atoms with E-state index >= 15 is 0 Å². The molecule has 0 fully saturated rings. The first-order valence-electron chi connectivity index (χ1n) is 9.40. The van der Waals surface area contributed by atoms with Crippen LogP contribution in [0.1, 0.15) is 36.8 Å². The summed E-state index contributed by atoms with van der Waals surface area (Å²) in [6.45, 7) is 6.21. The molecule has 2 aromatic heterocycles. The normalized spacial score (nSPS) is 11.7. The Kier molecular flexibility index (Phi) is 4.42. The van der Waals surface area contributed by atoms with Gasteiger partial charge in [-0.05, 0) is 41.3 Å². The summed E-state index contributed by atoms with van der Waals surface area (Å²) < 4.78 is 5.22. The number of aromatic amines is 2. The molecule has 6 nitrogen and oxygen atoms in total. The van der Waals surface area contributed by atoms with Gasteiger partial charge in [0.2, 0.25) is 5.56 Å². The molecule has 0 spiro atoms. The first-order chi connectivity index (χ1) is 13.7. The van der Waals surface area contributed by atoms with Gasteiger partial charge in [0.25, 0.3) is 5.91 Å². The van der Waals surface area contributed by atoms with Gasteiger partial charge in [-0.25, -0.2) is 0 Å². The molecule has 2 aromatic carbocycles. The van der Waals surface area contributed by atoms with Gasteiger partial charge in [-0.15, -0.1) is 0 Å². The van der Waals surface area contributed by atoms with Crippen LogP contribution >= 0.6 is 0 Å². The van der Waals surface area contributed by atoms with Gasteiger partial charge in [0.1, 0.15) is 11.4 Å². The number of benzene rings is 2. The van der Waals surface area contributed by atoms with Gasteiger partial charge >= 0.3 is 0 Å². The molecule has 0 aliphatic carbocycles. The van der Waals surface area contributed by atoms with Gasteiger partial charge in [0, 0.05) is 34.1 Å². The first kappa shape index (κ1) is 18.8. The van der Waals surface area contributed by atoms with Gasteiger partial charge in [0.05, 0.1) is 12.6 Å². The summed E-state index contributed by atoms with van der Waals surface area (Å²) in [5.74, 6) is 0.466. The number of nitrogens with one attached hydrogen (secondary N) is 3. The second kappa shape index (κ2) is 6.81. The predicted molar refractivity (Wildman–Crippen MR) is 116 cm³/mol. The number of carbonyl (C=O) groups is 1. The van der Waals surface area contributed by atoms with Gasteiger partial charge in [0.15, 0.2) is 0 Å². The Morgan fingerprint density at radius 3 is 2.48 bits per heavy atom. The minimum Gasteiger partial charge on any atom is -0.497 e. The van der Waals surface area contributed by atoms with Gasteiger partial charge in [-0.3, -0.25) is 9.59 Å². The third-order valence-electron chi connectivity index (χ3n) is 4.98. The minimum atomic E-state index is -0.256. The van der Waals surface area contributed by atoms with Crippen LogP contribution in [0, 0.1) is 0 Å². The summed E-state index contributed by atoms with van der Waals surface area (Å²) in [4.78, 5) is 30.8. The number of H-pyrrole nitrogens is 2. The highest BCUT2D eigenvalue weighted by atomic mass is 16.5. The van der Waals surface area contributed by atoms with Crippen LogP contribution in [0.5, 0.6) is 5.75 Å². The molecule has 0 aliphatic rings. The zero-order valence-electron chi connectivity index (χ0n) is 16.8. The lowest BCUT2D eigenvalue weighted by molar-refractivity contribution is 0.102. The number of pyridine rings is 1. The number of hydrogen-bond donors (Lipinski definition) is 3. The summed E-state index contributed by atoms with van der Waals surface area (Å²) >= 11 is 0. The monoisotopic (exact) mass is 389 g/mol. The van der Waals surface area contributed by atoms with Crippen LogP contribution < -0.4 is 15.6 Å². The maximum Gasteiger partial charge on any atom is 0.272 e. The second-order valence-corrected chi connectivity index (χ2v) is 8.15. The van der Waals surface area contributed by atoms with Crippen molar-refractivity contribution in [1.82, 2.24) is 9.97 Å². The quantitative estimate of drug-likeness (QED) is 0.480. The van der Waals surface area contributed by atoms with Crippen molar-refractivity contribution in [3.8, 4) is 5.75 Å². The van der Waals surface area contributed by atoms with Crippen molar-refractivity contribution in [2.24, 2.45) is 0 Å². The highest BCUT2D eigenvalue weighted by molar-refractivity contribution is 6.06. The molecule has 0 atom stereocenters. The van der Waals surface area contributed by atoms with Crippen molar-refractivity contribution in [2.75, 3.05) is 12.4 Å². The molecule has 0 saturated carbocycles. The molecule has 4 rings (SSSR count). The lowest BCUT2D eigenvalue weighted by Gasteiger charge is -2.21. The molecule has 0 unspecified atom stereocenters. The fourth-order valence-electron chi connectivity index (χ4n) is 3.51. The van der Waals surface area contributed by atoms with Crippen LogP contribution in [0.15, 0.2) is 53.3 Å². The Hall–Kier alpha value is -3.54. The SMILES string of the molecule is COc1ccc2cc(C(=O)Nc3ccc4c(C(C)(C)C)cc(=O)[nH]c4c3)[nH]c2c1. The van der Waals surface area contributed by atoms with Crippen molar-refractivity contribution in [3.05, 3.63) is 70.1 Å². The van der Waals surface area contributed by atoms with E-state index in [1.807, 2.05) is 30.3 Å². The van der Waals surface area contributed by atoms with Crippen LogP contribution in [-0.2, 0) is 5.41 Å². The van der Waals surface area contributed by atoms with Crippen LogP contribution in [0.4, 0.5) is 5.69 Å². The van der Waals surface area contributed by atoms with E-state index in [0.29, 0.717) is 16.9 Å². The molecule has 0 radical (unpaired) electrons. The topological polar surface area (TPSA) is 87.0 Å². The molecular weight excluding hydrogens is 366 g/mol. The van der Waals surface area contributed by atoms with Crippen molar-refractivity contribution in [1.29, 1.82) is 0 Å². The maximum absolute atomic E-state index is 12.7. The number of methoxy groups -OCH3 is 1. The summed E-state index contributed by atoms with van der Waals surface area (Å²) in [6.07, 6.45) is 0. The molecule has 3 N–H and O–H groups in total. The second-order valence-electron chi connectivity index (χ2n) is 8.15. The Morgan fingerprint density at radius 1 is 0.966 bits per heavy atom. The molecule has 0 saturated heterocycles. The van der Waals surface area contributed by atoms with Crippen LogP contribution in [-0.4, -0.2) is 23.0 Å². The number of ether oxygens (including phenoxy) is 1. The molecule has 0 aliphatic heterocycles. The van der Waals surface area contributed by atoms with Crippen molar-refractivity contribution in [2.45, 2.75) is 26.2 Å². The molecule has 0 bridgehead atoms. The van der Waals surface area contributed by atoms with E-state index in [2.05, 4.69) is 36.1 Å². The number of hydrogen-bond acceptors (Lipinski definition) is 3. The molecule has 148 valence electrons. The number of anilines is 1. The van der Waals surface area contributed by atoms with Gasteiger partial charge < -0.3 is 20.0 Å². The highest BCUT2D eigenvalue weighted by Crippen LogP contribution is 2.29. The number of aromatic nitrogens is 2. The molecule has 2 heterocycles. The van der Waals surface area contributed by atoms with E-state index < -0.39 is 0 Å². The van der Waals surface area contributed by atoms with Gasteiger partial charge in [-0.1, -0.05) is 26.8 Å². The smallest absolute Gasteiger partial charge is 0.272 e. The van der Waals surface area contributed by atoms with E-state index in [4.69, 9.17) is 4.74 Å². The number of rotatable bonds is 3. The molecule has 1 amide bonds. The first-order valence-corrected chi connectivity index (χ1v) is 9.40. The van der Waals surface area contributed by atoms with E-state index in [1.165, 1.54) is 0 Å². The highest BCUT2D eigenvalue weighted by Gasteiger charge is 2.18. The van der Waals surface area contributed by atoms with Gasteiger partial charge in [-0.2, -0.15) is 0 Å². The molecular formula is C23H23N3O3. The fourth-order valence-corrected chi connectivity index (χ4v) is 3.51. The predicted octanol–water partition coefficient (Wildman–Crippen LogP) is 4.57. The van der Waals surface area contributed by atoms with Crippen LogP contribution in [0.3, 0.4) is 0 Å². The molecule has 29 heavy (non-hydrogen) atoms. The Morgan fingerprint density at radius 2 is 1.76 bits per heavy atom. The lowest BCUT2D eigenvalue weighted by Crippen LogP contribution is -2.17. The zero-order valence-corrected chi connectivity index (χ0v) is 16.8. The van der Waals surface area contributed by atoms with E-state index in [-0.39, 0.29) is 16.9 Å². The van der Waals surface area contributed by atoms with Crippen LogP contribution in [0.2, 0.25) is 0 Å². The average Bonchev–Trinajstić information content (AvgIpc) is 3.09. The van der Waals surface area contributed by atoms with Crippen molar-refractivity contribution in [3.63, 3.8) is 0 Å². The lowest BCUT2D eigenvalue weighted by atomic mass is 9.85. The molecule has 4 aromatic rings. The third kappa shape index (κ3) is 3.61. The maximum atomic E-state index is 12.7. The number of fused-ring (bicyclic) bond motifs is 2. The summed E-state index contributed by atoms with van der Waals surface area (Å²) in [5, 5.41) is 4.78. The average molecular weight is 389 g/mol. The minimum absolute atomic E-state index is 0.157. The molecule has 6 heteroatoms. The Bertz CT molecular complexity index is 1290. The largest absolute Gasteiger partial charge is 0.497 e.